The van der Waals surface area contributed by atoms with Gasteiger partial charge in [0.05, 0.1) is 6.21 Å². The molecule has 0 aliphatic heterocycles. The second kappa shape index (κ2) is 7.36. The Morgan fingerprint density at radius 3 is 2.79 bits per heavy atom. The lowest BCUT2D eigenvalue weighted by atomic mass is 10.2. The van der Waals surface area contributed by atoms with Crippen LogP contribution in [-0.4, -0.2) is 26.7 Å². The number of hydrogen-bond donors (Lipinski definition) is 0. The third-order valence-corrected chi connectivity index (χ3v) is 4.09. The number of pyridine rings is 1. The van der Waals surface area contributed by atoms with Crippen molar-refractivity contribution in [1.82, 2.24) is 4.98 Å². The van der Waals surface area contributed by atoms with E-state index in [1.54, 1.807) is 20.8 Å². The standard InChI is InChI=1S/C13H18BrFN2OS/c1-13(2,3)19(18)16-9-10(15)7-8-11-5-4-6-12(14)17-11/h4-6,9-10H,7-8H2,1-3H3/b16-9+/t10-,19?/m1/s1. The Hall–Kier alpha value is -0.460. The fourth-order valence-corrected chi connectivity index (χ4v) is 2.17. The van der Waals surface area contributed by atoms with Gasteiger partial charge < -0.3 is 4.55 Å². The van der Waals surface area contributed by atoms with Gasteiger partial charge in [0.2, 0.25) is 0 Å². The first-order chi connectivity index (χ1) is 8.79. The van der Waals surface area contributed by atoms with Gasteiger partial charge in [-0.2, -0.15) is 0 Å². The van der Waals surface area contributed by atoms with Crippen molar-refractivity contribution in [3.05, 3.63) is 28.5 Å². The fraction of sp³-hybridized carbons (Fsp3) is 0.538. The summed E-state index contributed by atoms with van der Waals surface area (Å²) in [7, 11) is 0. The molecule has 0 aliphatic rings. The van der Waals surface area contributed by atoms with Crippen LogP contribution in [0.1, 0.15) is 32.9 Å². The Morgan fingerprint density at radius 1 is 1.53 bits per heavy atom. The smallest absolute Gasteiger partial charge is 0.144 e. The highest BCUT2D eigenvalue weighted by Gasteiger charge is 2.26. The summed E-state index contributed by atoms with van der Waals surface area (Å²) in [6.45, 7) is 5.41. The van der Waals surface area contributed by atoms with Gasteiger partial charge in [0.25, 0.3) is 0 Å². The van der Waals surface area contributed by atoms with Crippen LogP contribution in [0.25, 0.3) is 0 Å². The molecule has 0 aliphatic carbocycles. The molecule has 1 unspecified atom stereocenters. The summed E-state index contributed by atoms with van der Waals surface area (Å²) in [5, 5.41) is 0. The zero-order chi connectivity index (χ0) is 14.5. The van der Waals surface area contributed by atoms with Gasteiger partial charge in [-0.15, -0.1) is 0 Å². The molecule has 1 aromatic heterocycles. The zero-order valence-corrected chi connectivity index (χ0v) is 13.7. The number of nitrogens with zero attached hydrogens (tertiary/aromatic N) is 2. The van der Waals surface area contributed by atoms with E-state index in [-0.39, 0.29) is 6.42 Å². The van der Waals surface area contributed by atoms with Crippen molar-refractivity contribution in [2.24, 2.45) is 4.40 Å². The number of hydrogen-bond acceptors (Lipinski definition) is 3. The fourth-order valence-electron chi connectivity index (χ4n) is 1.23. The molecular weight excluding hydrogens is 331 g/mol. The van der Waals surface area contributed by atoms with Crippen LogP contribution >= 0.6 is 15.9 Å². The van der Waals surface area contributed by atoms with E-state index in [1.807, 2.05) is 18.2 Å². The van der Waals surface area contributed by atoms with Crippen LogP contribution in [0.5, 0.6) is 0 Å². The van der Waals surface area contributed by atoms with Gasteiger partial charge in [0.1, 0.15) is 26.9 Å². The average Bonchev–Trinajstić information content (AvgIpc) is 2.32. The summed E-state index contributed by atoms with van der Waals surface area (Å²) in [4.78, 5) is 4.23. The van der Waals surface area contributed by atoms with Crippen molar-refractivity contribution >= 4 is 33.5 Å². The monoisotopic (exact) mass is 348 g/mol. The minimum absolute atomic E-state index is 0.286. The van der Waals surface area contributed by atoms with E-state index in [4.69, 9.17) is 0 Å². The molecule has 0 bridgehead atoms. The summed E-state index contributed by atoms with van der Waals surface area (Å²) < 4.78 is 29.3. The summed E-state index contributed by atoms with van der Waals surface area (Å²) in [5.74, 6) is 0. The minimum atomic E-state index is -1.40. The molecule has 0 saturated heterocycles. The summed E-state index contributed by atoms with van der Waals surface area (Å²) in [6.07, 6.45) is 0.745. The van der Waals surface area contributed by atoms with Gasteiger partial charge >= 0.3 is 0 Å². The molecule has 0 N–H and O–H groups in total. The Morgan fingerprint density at radius 2 is 2.21 bits per heavy atom. The summed E-state index contributed by atoms with van der Waals surface area (Å²) in [6, 6.07) is 5.54. The molecule has 0 amide bonds. The molecule has 3 nitrogen and oxygen atoms in total. The van der Waals surface area contributed by atoms with Gasteiger partial charge in [-0.1, -0.05) is 10.5 Å². The lowest BCUT2D eigenvalue weighted by Gasteiger charge is -2.17. The molecule has 2 atom stereocenters. The van der Waals surface area contributed by atoms with Crippen LogP contribution in [0.4, 0.5) is 4.39 Å². The highest BCUT2D eigenvalue weighted by molar-refractivity contribution is 9.10. The Labute approximate surface area is 125 Å². The number of aromatic nitrogens is 1. The summed E-state index contributed by atoms with van der Waals surface area (Å²) in [5.41, 5.74) is 0.822. The van der Waals surface area contributed by atoms with Gasteiger partial charge in [-0.3, -0.25) is 0 Å². The maximum Gasteiger partial charge on any atom is 0.144 e. The van der Waals surface area contributed by atoms with Crippen LogP contribution in [0.2, 0.25) is 0 Å². The minimum Gasteiger partial charge on any atom is -0.591 e. The lowest BCUT2D eigenvalue weighted by molar-refractivity contribution is 0.407. The first-order valence-corrected chi connectivity index (χ1v) is 7.90. The predicted molar refractivity (Wildman–Crippen MR) is 81.5 cm³/mol. The lowest BCUT2D eigenvalue weighted by Crippen LogP contribution is -2.26. The molecule has 0 saturated carbocycles. The average molecular weight is 349 g/mol. The molecule has 6 heteroatoms. The van der Waals surface area contributed by atoms with E-state index in [1.165, 1.54) is 0 Å². The molecule has 106 valence electrons. The molecule has 0 spiro atoms. The number of rotatable bonds is 5. The van der Waals surface area contributed by atoms with E-state index in [9.17, 15) is 8.94 Å². The van der Waals surface area contributed by atoms with Crippen molar-refractivity contribution < 1.29 is 8.94 Å². The van der Waals surface area contributed by atoms with Gasteiger partial charge in [0.15, 0.2) is 0 Å². The molecule has 1 aromatic rings. The van der Waals surface area contributed by atoms with E-state index >= 15 is 0 Å². The maximum atomic E-state index is 13.6. The van der Waals surface area contributed by atoms with Crippen LogP contribution in [-0.2, 0) is 17.8 Å². The highest BCUT2D eigenvalue weighted by Crippen LogP contribution is 2.17. The third-order valence-electron chi connectivity index (χ3n) is 2.29. The Kier molecular flexibility index (Phi) is 6.42. The van der Waals surface area contributed by atoms with Crippen LogP contribution < -0.4 is 0 Å². The highest BCUT2D eigenvalue weighted by atomic mass is 79.9. The SMILES string of the molecule is CC(C)(C)[S+]([O-])/N=C/[C@H](F)CCc1cccc(Br)n1. The molecule has 19 heavy (non-hydrogen) atoms. The number of halogens is 2. The van der Waals surface area contributed by atoms with Crippen molar-refractivity contribution in [1.29, 1.82) is 0 Å². The van der Waals surface area contributed by atoms with Crippen molar-refractivity contribution in [3.8, 4) is 0 Å². The van der Waals surface area contributed by atoms with Crippen LogP contribution in [0, 0.1) is 0 Å². The van der Waals surface area contributed by atoms with Crippen molar-refractivity contribution in [3.63, 3.8) is 0 Å². The number of alkyl halides is 1. The molecule has 0 radical (unpaired) electrons. The van der Waals surface area contributed by atoms with Gasteiger partial charge in [-0.05, 0) is 61.7 Å². The molecule has 1 rings (SSSR count). The Balaban J connectivity index is 2.44. The van der Waals surface area contributed by atoms with Crippen molar-refractivity contribution in [2.75, 3.05) is 0 Å². The van der Waals surface area contributed by atoms with Gasteiger partial charge in [0, 0.05) is 5.69 Å². The van der Waals surface area contributed by atoms with E-state index in [0.29, 0.717) is 6.42 Å². The van der Waals surface area contributed by atoms with Crippen LogP contribution in [0.3, 0.4) is 0 Å². The predicted octanol–water partition coefficient (Wildman–Crippen LogP) is 3.65. The molecule has 0 fully saturated rings. The first-order valence-electron chi connectivity index (χ1n) is 6.01. The third kappa shape index (κ3) is 6.49. The number of aryl methyl sites for hydroxylation is 1. The molecular formula is C13H18BrFN2OS. The zero-order valence-electron chi connectivity index (χ0n) is 11.3. The second-order valence-electron chi connectivity index (χ2n) is 5.12. The second-order valence-corrected chi connectivity index (χ2v) is 7.87. The maximum absolute atomic E-state index is 13.6. The molecule has 1 heterocycles. The van der Waals surface area contributed by atoms with Gasteiger partial charge in [-0.25, -0.2) is 9.37 Å². The summed E-state index contributed by atoms with van der Waals surface area (Å²) >= 11 is 1.87. The Bertz CT molecular complexity index is 437. The quantitative estimate of drug-likeness (QED) is 0.463. The van der Waals surface area contributed by atoms with E-state index in [2.05, 4.69) is 25.3 Å². The van der Waals surface area contributed by atoms with Crippen molar-refractivity contribution in [2.45, 2.75) is 44.5 Å². The normalized spacial score (nSPS) is 15.7. The van der Waals surface area contributed by atoms with E-state index < -0.39 is 22.3 Å². The van der Waals surface area contributed by atoms with Crippen LogP contribution in [0.15, 0.2) is 27.2 Å². The largest absolute Gasteiger partial charge is 0.591 e. The topological polar surface area (TPSA) is 48.3 Å². The first kappa shape index (κ1) is 16.6. The van der Waals surface area contributed by atoms with E-state index in [0.717, 1.165) is 16.5 Å². The molecule has 0 aromatic carbocycles.